The molecule has 0 aliphatic rings. The van der Waals surface area contributed by atoms with E-state index in [0.717, 1.165) is 4.68 Å². The number of hydrogen-bond donors (Lipinski definition) is 1. The minimum absolute atomic E-state index is 0.0313. The molecule has 3 aromatic rings. The highest BCUT2D eigenvalue weighted by atomic mass is 19.4. The van der Waals surface area contributed by atoms with Gasteiger partial charge in [0.1, 0.15) is 6.54 Å². The third kappa shape index (κ3) is 3.27. The Morgan fingerprint density at radius 2 is 1.88 bits per heavy atom. The number of benzene rings is 1. The second-order valence-electron chi connectivity index (χ2n) is 5.01. The zero-order valence-electron chi connectivity index (χ0n) is 12.3. The first-order valence-corrected chi connectivity index (χ1v) is 7.06. The number of alkyl halides is 3. The van der Waals surface area contributed by atoms with Crippen LogP contribution in [0.4, 0.5) is 13.2 Å². The van der Waals surface area contributed by atoms with Crippen LogP contribution in [0.5, 0.6) is 0 Å². The Morgan fingerprint density at radius 3 is 2.54 bits per heavy atom. The van der Waals surface area contributed by atoms with Gasteiger partial charge in [-0.15, -0.1) is 5.10 Å². The number of nitrogens with zero attached hydrogens (tertiary/aromatic N) is 6. The summed E-state index contributed by atoms with van der Waals surface area (Å²) >= 11 is 0. The van der Waals surface area contributed by atoms with Crippen molar-refractivity contribution in [3.05, 3.63) is 53.6 Å². The van der Waals surface area contributed by atoms with Crippen molar-refractivity contribution in [1.29, 1.82) is 0 Å². The van der Waals surface area contributed by atoms with E-state index in [9.17, 15) is 13.2 Å². The lowest BCUT2D eigenvalue weighted by molar-refractivity contribution is -0.142. The molecule has 3 rings (SSSR count). The SMILES string of the molecule is OCCc1cn(Cc2nnnn2-c2ccccc2)nc1C(F)(F)F. The van der Waals surface area contributed by atoms with Crippen LogP contribution in [0.1, 0.15) is 17.1 Å². The van der Waals surface area contributed by atoms with Gasteiger partial charge in [0.05, 0.1) is 5.69 Å². The molecule has 10 heteroatoms. The number of aromatic nitrogens is 6. The fourth-order valence-electron chi connectivity index (χ4n) is 2.30. The van der Waals surface area contributed by atoms with Gasteiger partial charge in [0.25, 0.3) is 0 Å². The van der Waals surface area contributed by atoms with E-state index in [0.29, 0.717) is 11.5 Å². The average Bonchev–Trinajstić information content (AvgIpc) is 3.16. The van der Waals surface area contributed by atoms with Crippen LogP contribution >= 0.6 is 0 Å². The van der Waals surface area contributed by atoms with Crippen molar-refractivity contribution in [1.82, 2.24) is 30.0 Å². The third-order valence-corrected chi connectivity index (χ3v) is 3.33. The standard InChI is InChI=1S/C14H13F3N6O/c15-14(16,17)13-10(6-7-24)8-22(19-13)9-12-18-20-21-23(12)11-4-2-1-3-5-11/h1-5,8,24H,6-7,9H2. The molecule has 0 saturated carbocycles. The summed E-state index contributed by atoms with van der Waals surface area (Å²) in [6, 6.07) is 8.99. The number of tetrazole rings is 1. The molecule has 2 heterocycles. The molecule has 0 saturated heterocycles. The number of aliphatic hydroxyl groups is 1. The highest BCUT2D eigenvalue weighted by molar-refractivity contribution is 5.30. The van der Waals surface area contributed by atoms with Crippen molar-refractivity contribution in [3.8, 4) is 5.69 Å². The van der Waals surface area contributed by atoms with Gasteiger partial charge in [-0.2, -0.15) is 23.0 Å². The van der Waals surface area contributed by atoms with Crippen LogP contribution in [0.3, 0.4) is 0 Å². The summed E-state index contributed by atoms with van der Waals surface area (Å²) in [7, 11) is 0. The summed E-state index contributed by atoms with van der Waals surface area (Å²) in [5.74, 6) is 0.341. The monoisotopic (exact) mass is 338 g/mol. The third-order valence-electron chi connectivity index (χ3n) is 3.33. The van der Waals surface area contributed by atoms with E-state index in [1.54, 1.807) is 24.3 Å². The summed E-state index contributed by atoms with van der Waals surface area (Å²) in [5, 5.41) is 23.8. The van der Waals surface area contributed by atoms with E-state index in [1.807, 2.05) is 6.07 Å². The van der Waals surface area contributed by atoms with Crippen LogP contribution in [0.15, 0.2) is 36.5 Å². The van der Waals surface area contributed by atoms with Crippen LogP contribution in [0, 0.1) is 0 Å². The quantitative estimate of drug-likeness (QED) is 0.762. The van der Waals surface area contributed by atoms with Gasteiger partial charge >= 0.3 is 6.18 Å². The Hall–Kier alpha value is -2.75. The summed E-state index contributed by atoms with van der Waals surface area (Å²) in [6.45, 7) is -0.424. The number of rotatable bonds is 5. The zero-order valence-corrected chi connectivity index (χ0v) is 12.3. The summed E-state index contributed by atoms with van der Waals surface area (Å²) < 4.78 is 41.6. The van der Waals surface area contributed by atoms with E-state index in [4.69, 9.17) is 5.11 Å². The maximum absolute atomic E-state index is 13.0. The Balaban J connectivity index is 1.92. The number of halogens is 3. The molecule has 24 heavy (non-hydrogen) atoms. The molecule has 0 unspecified atom stereocenters. The van der Waals surface area contributed by atoms with E-state index >= 15 is 0 Å². The first-order chi connectivity index (χ1) is 11.5. The summed E-state index contributed by atoms with van der Waals surface area (Å²) in [5.41, 5.74) is -0.379. The summed E-state index contributed by atoms with van der Waals surface area (Å²) in [4.78, 5) is 0. The highest BCUT2D eigenvalue weighted by Gasteiger charge is 2.37. The molecular formula is C14H13F3N6O. The Bertz CT molecular complexity index is 812. The minimum Gasteiger partial charge on any atom is -0.396 e. The fourth-order valence-corrected chi connectivity index (χ4v) is 2.30. The largest absolute Gasteiger partial charge is 0.435 e. The molecular weight excluding hydrogens is 325 g/mol. The van der Waals surface area contributed by atoms with Crippen molar-refractivity contribution in [3.63, 3.8) is 0 Å². The van der Waals surface area contributed by atoms with Crippen LogP contribution in [-0.2, 0) is 19.1 Å². The van der Waals surface area contributed by atoms with Gasteiger partial charge in [0.15, 0.2) is 11.5 Å². The lowest BCUT2D eigenvalue weighted by Gasteiger charge is -2.05. The van der Waals surface area contributed by atoms with Gasteiger partial charge < -0.3 is 5.11 Å². The van der Waals surface area contributed by atoms with Crippen molar-refractivity contribution in [2.24, 2.45) is 0 Å². The normalized spacial score (nSPS) is 11.8. The fraction of sp³-hybridized carbons (Fsp3) is 0.286. The predicted octanol–water partition coefficient (Wildman–Crippen LogP) is 1.46. The van der Waals surface area contributed by atoms with Crippen molar-refractivity contribution in [2.45, 2.75) is 19.1 Å². The lowest BCUT2D eigenvalue weighted by Crippen LogP contribution is -2.12. The maximum Gasteiger partial charge on any atom is 0.435 e. The number of aliphatic hydroxyl groups excluding tert-OH is 1. The molecule has 0 aliphatic carbocycles. The molecule has 2 aromatic heterocycles. The van der Waals surface area contributed by atoms with Crippen molar-refractivity contribution in [2.75, 3.05) is 6.61 Å². The second kappa shape index (κ2) is 6.40. The van der Waals surface area contributed by atoms with Gasteiger partial charge in [0, 0.05) is 18.4 Å². The first kappa shape index (κ1) is 16.1. The molecule has 0 aliphatic heterocycles. The number of para-hydroxylation sites is 1. The van der Waals surface area contributed by atoms with E-state index in [-0.39, 0.29) is 18.5 Å². The topological polar surface area (TPSA) is 81.6 Å². The van der Waals surface area contributed by atoms with Crippen molar-refractivity contribution >= 4 is 0 Å². The molecule has 1 aromatic carbocycles. The Labute approximate surface area is 134 Å². The molecule has 126 valence electrons. The van der Waals surface area contributed by atoms with Crippen LogP contribution < -0.4 is 0 Å². The highest BCUT2D eigenvalue weighted by Crippen LogP contribution is 2.31. The van der Waals surface area contributed by atoms with Gasteiger partial charge in [-0.1, -0.05) is 18.2 Å². The number of hydrogen-bond acceptors (Lipinski definition) is 5. The first-order valence-electron chi connectivity index (χ1n) is 7.06. The summed E-state index contributed by atoms with van der Waals surface area (Å²) in [6.07, 6.45) is -3.46. The Morgan fingerprint density at radius 1 is 1.12 bits per heavy atom. The van der Waals surface area contributed by atoms with Gasteiger partial charge in [-0.25, -0.2) is 0 Å². The molecule has 0 bridgehead atoms. The average molecular weight is 338 g/mol. The zero-order chi connectivity index (χ0) is 17.2. The van der Waals surface area contributed by atoms with E-state index < -0.39 is 18.5 Å². The maximum atomic E-state index is 13.0. The minimum atomic E-state index is -4.58. The predicted molar refractivity (Wildman–Crippen MR) is 76.3 cm³/mol. The lowest BCUT2D eigenvalue weighted by atomic mass is 10.2. The van der Waals surface area contributed by atoms with E-state index in [1.165, 1.54) is 10.9 Å². The molecule has 0 amide bonds. The Kier molecular flexibility index (Phi) is 4.30. The van der Waals surface area contributed by atoms with E-state index in [2.05, 4.69) is 20.6 Å². The molecule has 0 spiro atoms. The molecule has 0 fully saturated rings. The van der Waals surface area contributed by atoms with Gasteiger partial charge in [-0.05, 0) is 29.0 Å². The van der Waals surface area contributed by atoms with Crippen LogP contribution in [-0.4, -0.2) is 41.7 Å². The molecule has 1 N–H and O–H groups in total. The molecule has 0 atom stereocenters. The second-order valence-corrected chi connectivity index (χ2v) is 5.01. The molecule has 0 radical (unpaired) electrons. The van der Waals surface area contributed by atoms with Crippen LogP contribution in [0.25, 0.3) is 5.69 Å². The van der Waals surface area contributed by atoms with Gasteiger partial charge in [0.2, 0.25) is 0 Å². The molecule has 7 nitrogen and oxygen atoms in total. The smallest absolute Gasteiger partial charge is 0.396 e. The van der Waals surface area contributed by atoms with Crippen molar-refractivity contribution < 1.29 is 18.3 Å². The van der Waals surface area contributed by atoms with Crippen LogP contribution in [0.2, 0.25) is 0 Å². The van der Waals surface area contributed by atoms with Gasteiger partial charge in [-0.3, -0.25) is 4.68 Å².